The second kappa shape index (κ2) is 13.4. The predicted molar refractivity (Wildman–Crippen MR) is 271 cm³/mol. The number of hydrogen-bond acceptors (Lipinski definition) is 4. The van der Waals surface area contributed by atoms with E-state index in [1.807, 2.05) is 36.3 Å². The summed E-state index contributed by atoms with van der Waals surface area (Å²) in [6.07, 6.45) is 3.78. The first-order valence-electron chi connectivity index (χ1n) is 22.5. The zero-order valence-electron chi connectivity index (χ0n) is 35.7. The molecule has 0 N–H and O–H groups in total. The second-order valence-electron chi connectivity index (χ2n) is 17.6. The van der Waals surface area contributed by atoms with Crippen molar-refractivity contribution < 1.29 is 0 Å². The van der Waals surface area contributed by atoms with Crippen molar-refractivity contribution in [3.63, 3.8) is 0 Å². The fraction of sp³-hybridized carbons (Fsp3) is 0.0167. The Balaban J connectivity index is 0.962. The Morgan fingerprint density at radius 3 is 1.27 bits per heavy atom. The quantitative estimate of drug-likeness (QED) is 0.177. The number of pyridine rings is 2. The van der Waals surface area contributed by atoms with Crippen molar-refractivity contribution in [1.29, 1.82) is 5.26 Å². The van der Waals surface area contributed by atoms with Crippen molar-refractivity contribution in [3.05, 3.63) is 234 Å². The van der Waals surface area contributed by atoms with Gasteiger partial charge in [0, 0.05) is 71.6 Å². The third-order valence-corrected chi connectivity index (χ3v) is 15.5. The van der Waals surface area contributed by atoms with Crippen LogP contribution in [0.5, 0.6) is 0 Å². The number of nitriles is 1. The number of fused-ring (bicyclic) bond motifs is 18. The van der Waals surface area contributed by atoms with Gasteiger partial charge in [-0.15, -0.1) is 0 Å². The average molecular weight is 871 g/mol. The van der Waals surface area contributed by atoms with Gasteiger partial charge in [-0.05, 0) is 119 Å². The molecular weight excluding hydrogens is 837 g/mol. The zero-order valence-corrected chi connectivity index (χ0v) is 36.5. The summed E-state index contributed by atoms with van der Waals surface area (Å²) < 4.78 is 7.17. The summed E-state index contributed by atoms with van der Waals surface area (Å²) in [6, 6.07) is 72.7. The van der Waals surface area contributed by atoms with Crippen molar-refractivity contribution >= 4 is 77.2 Å². The molecule has 6 nitrogen and oxygen atoms in total. The third-order valence-electron chi connectivity index (χ3n) is 14.4. The van der Waals surface area contributed by atoms with E-state index in [0.29, 0.717) is 5.56 Å². The molecule has 1 aliphatic heterocycles. The van der Waals surface area contributed by atoms with Crippen LogP contribution in [-0.4, -0.2) is 23.7 Å². The fourth-order valence-electron chi connectivity index (χ4n) is 11.8. The van der Waals surface area contributed by atoms with Crippen LogP contribution in [0.2, 0.25) is 0 Å². The van der Waals surface area contributed by atoms with Gasteiger partial charge in [-0.1, -0.05) is 109 Å². The van der Waals surface area contributed by atoms with E-state index < -0.39 is 5.41 Å². The van der Waals surface area contributed by atoms with Crippen LogP contribution in [0.4, 0.5) is 0 Å². The molecule has 0 amide bonds. The monoisotopic (exact) mass is 870 g/mol. The van der Waals surface area contributed by atoms with Crippen molar-refractivity contribution in [2.75, 3.05) is 0 Å². The van der Waals surface area contributed by atoms with E-state index in [1.54, 1.807) is 0 Å². The molecule has 310 valence electrons. The maximum atomic E-state index is 9.79. The van der Waals surface area contributed by atoms with Gasteiger partial charge in [0.05, 0.1) is 61.5 Å². The number of rotatable bonds is 3. The predicted octanol–water partition coefficient (Wildman–Crippen LogP) is 14.5. The number of nitrogens with zero attached hydrogens (tertiary/aromatic N) is 6. The van der Waals surface area contributed by atoms with E-state index in [1.165, 1.54) is 53.5 Å². The molecule has 7 heteroatoms. The third kappa shape index (κ3) is 4.79. The van der Waals surface area contributed by atoms with Gasteiger partial charge in [0.1, 0.15) is 0 Å². The molecule has 0 saturated carbocycles. The smallest absolute Gasteiger partial charge is 0.0991 e. The molecule has 0 atom stereocenters. The lowest BCUT2D eigenvalue weighted by Crippen LogP contribution is -2.32. The molecule has 0 fully saturated rings. The molecule has 67 heavy (non-hydrogen) atoms. The summed E-state index contributed by atoms with van der Waals surface area (Å²) >= 11 is 1.85. The highest BCUT2D eigenvalue weighted by atomic mass is 32.2. The van der Waals surface area contributed by atoms with Crippen LogP contribution in [-0.2, 0) is 5.41 Å². The topological polar surface area (TPSA) is 64.4 Å². The molecule has 0 radical (unpaired) electrons. The van der Waals surface area contributed by atoms with E-state index in [9.17, 15) is 5.26 Å². The first-order valence-corrected chi connectivity index (χ1v) is 23.3. The minimum absolute atomic E-state index is 0.632. The summed E-state index contributed by atoms with van der Waals surface area (Å²) in [5.41, 5.74) is 16.8. The largest absolute Gasteiger partial charge is 0.309 e. The summed E-state index contributed by atoms with van der Waals surface area (Å²) in [5.74, 6) is 0. The Hall–Kier alpha value is -8.70. The summed E-state index contributed by atoms with van der Waals surface area (Å²) in [6.45, 7) is 0. The van der Waals surface area contributed by atoms with Crippen LogP contribution in [0.1, 0.15) is 27.8 Å². The van der Waals surface area contributed by atoms with Crippen molar-refractivity contribution in [1.82, 2.24) is 23.7 Å². The summed E-state index contributed by atoms with van der Waals surface area (Å²) in [7, 11) is 0. The molecule has 0 saturated heterocycles. The molecule has 2 aliphatic rings. The molecule has 15 rings (SSSR count). The first-order chi connectivity index (χ1) is 33.2. The lowest BCUT2D eigenvalue weighted by atomic mass is 9.67. The molecule has 0 bridgehead atoms. The van der Waals surface area contributed by atoms with Crippen molar-refractivity contribution in [3.8, 4) is 34.5 Å². The number of benzene rings is 8. The Kier molecular flexibility index (Phi) is 7.34. The van der Waals surface area contributed by atoms with Gasteiger partial charge in [0.15, 0.2) is 0 Å². The molecule has 0 unspecified atom stereocenters. The molecule has 13 aromatic rings. The van der Waals surface area contributed by atoms with E-state index in [-0.39, 0.29) is 0 Å². The van der Waals surface area contributed by atoms with Crippen molar-refractivity contribution in [2.45, 2.75) is 15.2 Å². The van der Waals surface area contributed by atoms with E-state index in [2.05, 4.69) is 202 Å². The maximum Gasteiger partial charge on any atom is 0.0991 e. The van der Waals surface area contributed by atoms with Crippen LogP contribution in [0, 0.1) is 11.3 Å². The zero-order chi connectivity index (χ0) is 44.0. The summed E-state index contributed by atoms with van der Waals surface area (Å²) in [4.78, 5) is 12.4. The molecule has 8 aromatic carbocycles. The Morgan fingerprint density at radius 2 is 0.776 bits per heavy atom. The first kappa shape index (κ1) is 36.6. The van der Waals surface area contributed by atoms with Crippen LogP contribution >= 0.6 is 11.8 Å². The maximum absolute atomic E-state index is 9.79. The van der Waals surface area contributed by atoms with Gasteiger partial charge in [0.2, 0.25) is 0 Å². The van der Waals surface area contributed by atoms with E-state index in [0.717, 1.165) is 72.4 Å². The lowest BCUT2D eigenvalue weighted by molar-refractivity contribution is 0.718. The van der Waals surface area contributed by atoms with E-state index >= 15 is 0 Å². The Bertz CT molecular complexity index is 4250. The van der Waals surface area contributed by atoms with Crippen LogP contribution in [0.25, 0.3) is 93.9 Å². The number of aromatic nitrogens is 5. The standard InChI is InChI=1S/C60H34N6S/c61-35-36-21-27-54-44(31-36)42-13-3-7-19-52(42)64(54)37-24-28-55-45(32-37)43-14-4-8-20-53(43)66(55)39-23-26-47-57(34-39)67-56-33-38(65-50-17-5-1-11-40(50)41-12-2-6-18-51(41)65)22-25-46(56)60(47)48-15-9-29-62-58(48)59-49(60)16-10-30-63-59/h1-34H. The van der Waals surface area contributed by atoms with E-state index in [4.69, 9.17) is 9.97 Å². The Labute approximate surface area is 388 Å². The lowest BCUT2D eigenvalue weighted by Gasteiger charge is -2.39. The number of para-hydroxylation sites is 4. The second-order valence-corrected chi connectivity index (χ2v) is 18.7. The average Bonchev–Trinajstić information content (AvgIpc) is 4.10. The Morgan fingerprint density at radius 1 is 0.373 bits per heavy atom. The minimum Gasteiger partial charge on any atom is -0.309 e. The highest BCUT2D eigenvalue weighted by Gasteiger charge is 2.51. The molecule has 5 aromatic heterocycles. The molecule has 1 aliphatic carbocycles. The fourth-order valence-corrected chi connectivity index (χ4v) is 13.0. The van der Waals surface area contributed by atoms with Gasteiger partial charge < -0.3 is 13.7 Å². The molecule has 1 spiro atoms. The van der Waals surface area contributed by atoms with Crippen LogP contribution < -0.4 is 0 Å². The van der Waals surface area contributed by atoms with Gasteiger partial charge in [-0.2, -0.15) is 5.26 Å². The highest BCUT2D eigenvalue weighted by molar-refractivity contribution is 7.99. The molecular formula is C60H34N6S. The van der Waals surface area contributed by atoms with Gasteiger partial charge in [-0.25, -0.2) is 0 Å². The van der Waals surface area contributed by atoms with Crippen LogP contribution in [0.15, 0.2) is 216 Å². The van der Waals surface area contributed by atoms with Crippen molar-refractivity contribution in [2.24, 2.45) is 0 Å². The minimum atomic E-state index is -0.632. The van der Waals surface area contributed by atoms with Gasteiger partial charge in [-0.3, -0.25) is 9.97 Å². The number of hydrogen-bond donors (Lipinski definition) is 0. The van der Waals surface area contributed by atoms with Gasteiger partial charge >= 0.3 is 0 Å². The summed E-state index contributed by atoms with van der Waals surface area (Å²) in [5, 5.41) is 16.8. The highest BCUT2D eigenvalue weighted by Crippen LogP contribution is 2.62. The van der Waals surface area contributed by atoms with Gasteiger partial charge in [0.25, 0.3) is 0 Å². The van der Waals surface area contributed by atoms with Crippen LogP contribution in [0.3, 0.4) is 0 Å². The molecule has 6 heterocycles. The normalized spacial score (nSPS) is 13.4. The SMILES string of the molecule is N#Cc1ccc2c(c1)c1ccccc1n2-c1ccc2c(c1)c1ccccc1n2-c1ccc2c(c1)Sc1cc(-n3c4ccccc4c4ccccc43)ccc1C21c2cccnc2-c2ncccc21.